The summed E-state index contributed by atoms with van der Waals surface area (Å²) in [6.45, 7) is 4.61. The zero-order chi connectivity index (χ0) is 13.7. The molecule has 100 valence electrons. The number of hydrogen-bond acceptors (Lipinski definition) is 4. The number of carbonyl (C=O) groups is 1. The Hall–Kier alpha value is -2.37. The number of amides is 1. The molecule has 1 amide bonds. The molecule has 2 rings (SSSR count). The van der Waals surface area contributed by atoms with Gasteiger partial charge in [-0.1, -0.05) is 13.0 Å². The Bertz CT molecular complexity index is 552. The van der Waals surface area contributed by atoms with Gasteiger partial charge in [0.15, 0.2) is 0 Å². The van der Waals surface area contributed by atoms with E-state index >= 15 is 0 Å². The first-order valence-electron chi connectivity index (χ1n) is 6.11. The zero-order valence-electron chi connectivity index (χ0n) is 10.9. The van der Waals surface area contributed by atoms with Crippen molar-refractivity contribution in [3.8, 4) is 5.75 Å². The number of benzene rings is 1. The topological polar surface area (TPSA) is 79.9 Å². The molecular formula is C13H16N4O2. The van der Waals surface area contributed by atoms with Gasteiger partial charge in [-0.25, -0.2) is 4.98 Å². The van der Waals surface area contributed by atoms with Crippen LogP contribution in [0.3, 0.4) is 0 Å². The number of aromatic nitrogens is 3. The summed E-state index contributed by atoms with van der Waals surface area (Å²) in [4.78, 5) is 15.7. The first kappa shape index (κ1) is 13.1. The number of carbonyl (C=O) groups excluding carboxylic acids is 1. The number of ether oxygens (including phenoxy) is 1. The molecule has 0 radical (unpaired) electrons. The van der Waals surface area contributed by atoms with Crippen LogP contribution in [0.25, 0.3) is 0 Å². The summed E-state index contributed by atoms with van der Waals surface area (Å²) < 4.78 is 5.62. The first-order chi connectivity index (χ1) is 9.20. The molecule has 6 nitrogen and oxygen atoms in total. The Labute approximate surface area is 111 Å². The molecule has 6 heteroatoms. The minimum atomic E-state index is -0.345. The predicted molar refractivity (Wildman–Crippen MR) is 71.3 cm³/mol. The van der Waals surface area contributed by atoms with E-state index in [2.05, 4.69) is 20.5 Å². The molecular weight excluding hydrogens is 244 g/mol. The number of nitrogens with zero attached hydrogens (tertiary/aromatic N) is 2. The van der Waals surface area contributed by atoms with Crippen LogP contribution in [-0.4, -0.2) is 27.7 Å². The summed E-state index contributed by atoms with van der Waals surface area (Å²) in [6, 6.07) is 5.62. The van der Waals surface area contributed by atoms with E-state index in [-0.39, 0.29) is 11.7 Å². The van der Waals surface area contributed by atoms with Crippen LogP contribution in [0.2, 0.25) is 0 Å². The number of aryl methyl sites for hydroxylation is 1. The number of nitrogens with one attached hydrogen (secondary N) is 2. The Kier molecular flexibility index (Phi) is 4.12. The minimum Gasteiger partial charge on any atom is -0.491 e. The molecule has 1 aromatic carbocycles. The fourth-order valence-corrected chi connectivity index (χ4v) is 1.56. The molecule has 0 saturated heterocycles. The van der Waals surface area contributed by atoms with E-state index in [1.807, 2.05) is 32.0 Å². The SMILES string of the molecule is CCCOc1cc(C)ccc1NC(=O)c1ncn[nH]1. The third-order valence-electron chi connectivity index (χ3n) is 2.48. The maximum atomic E-state index is 11.9. The number of aromatic amines is 1. The Morgan fingerprint density at radius 2 is 2.32 bits per heavy atom. The first-order valence-corrected chi connectivity index (χ1v) is 6.11. The van der Waals surface area contributed by atoms with E-state index in [9.17, 15) is 4.79 Å². The van der Waals surface area contributed by atoms with Crippen LogP contribution >= 0.6 is 0 Å². The van der Waals surface area contributed by atoms with Gasteiger partial charge in [-0.2, -0.15) is 5.10 Å². The molecule has 0 unspecified atom stereocenters. The number of H-pyrrole nitrogens is 1. The molecule has 1 aromatic heterocycles. The van der Waals surface area contributed by atoms with Gasteiger partial charge in [0.05, 0.1) is 12.3 Å². The molecule has 0 bridgehead atoms. The second-order valence-corrected chi connectivity index (χ2v) is 4.14. The predicted octanol–water partition coefficient (Wildman–Crippen LogP) is 2.15. The lowest BCUT2D eigenvalue weighted by atomic mass is 10.2. The number of anilines is 1. The van der Waals surface area contributed by atoms with Crippen molar-refractivity contribution in [2.24, 2.45) is 0 Å². The van der Waals surface area contributed by atoms with Crippen molar-refractivity contribution in [3.63, 3.8) is 0 Å². The Morgan fingerprint density at radius 1 is 1.47 bits per heavy atom. The van der Waals surface area contributed by atoms with Gasteiger partial charge in [-0.3, -0.25) is 9.89 Å². The molecule has 0 spiro atoms. The van der Waals surface area contributed by atoms with Crippen LogP contribution in [0.4, 0.5) is 5.69 Å². The van der Waals surface area contributed by atoms with Crippen molar-refractivity contribution in [2.75, 3.05) is 11.9 Å². The highest BCUT2D eigenvalue weighted by Crippen LogP contribution is 2.26. The molecule has 0 fully saturated rings. The third-order valence-corrected chi connectivity index (χ3v) is 2.48. The maximum absolute atomic E-state index is 11.9. The fraction of sp³-hybridized carbons (Fsp3) is 0.308. The van der Waals surface area contributed by atoms with Crippen LogP contribution in [0.5, 0.6) is 5.75 Å². The standard InChI is InChI=1S/C13H16N4O2/c1-3-6-19-11-7-9(2)4-5-10(11)16-13(18)12-14-8-15-17-12/h4-5,7-8H,3,6H2,1-2H3,(H,16,18)(H,14,15,17). The van der Waals surface area contributed by atoms with E-state index < -0.39 is 0 Å². The van der Waals surface area contributed by atoms with Crippen LogP contribution in [-0.2, 0) is 0 Å². The summed E-state index contributed by atoms with van der Waals surface area (Å²) in [5, 5.41) is 8.91. The van der Waals surface area contributed by atoms with E-state index in [1.165, 1.54) is 6.33 Å². The molecule has 2 aromatic rings. The van der Waals surface area contributed by atoms with Crippen LogP contribution in [0, 0.1) is 6.92 Å². The average molecular weight is 260 g/mol. The number of hydrogen-bond donors (Lipinski definition) is 2. The third kappa shape index (κ3) is 3.31. The van der Waals surface area contributed by atoms with Gasteiger partial charge in [0.2, 0.25) is 5.82 Å². The Morgan fingerprint density at radius 3 is 3.00 bits per heavy atom. The summed E-state index contributed by atoms with van der Waals surface area (Å²) in [5.41, 5.74) is 1.70. The fourth-order valence-electron chi connectivity index (χ4n) is 1.56. The van der Waals surface area contributed by atoms with E-state index in [4.69, 9.17) is 4.74 Å². The van der Waals surface area contributed by atoms with Crippen LogP contribution < -0.4 is 10.1 Å². The zero-order valence-corrected chi connectivity index (χ0v) is 10.9. The van der Waals surface area contributed by atoms with Gasteiger partial charge in [0.25, 0.3) is 5.91 Å². The van der Waals surface area contributed by atoms with Crippen molar-refractivity contribution >= 4 is 11.6 Å². The van der Waals surface area contributed by atoms with Crippen LogP contribution in [0.15, 0.2) is 24.5 Å². The molecule has 0 aliphatic rings. The van der Waals surface area contributed by atoms with Gasteiger partial charge in [0, 0.05) is 0 Å². The van der Waals surface area contributed by atoms with E-state index in [0.29, 0.717) is 18.0 Å². The van der Waals surface area contributed by atoms with Crippen LogP contribution in [0.1, 0.15) is 29.5 Å². The quantitative estimate of drug-likeness (QED) is 0.863. The van der Waals surface area contributed by atoms with Crippen molar-refractivity contribution in [2.45, 2.75) is 20.3 Å². The van der Waals surface area contributed by atoms with Gasteiger partial charge in [0.1, 0.15) is 12.1 Å². The highest BCUT2D eigenvalue weighted by Gasteiger charge is 2.12. The highest BCUT2D eigenvalue weighted by molar-refractivity contribution is 6.02. The van der Waals surface area contributed by atoms with Crippen molar-refractivity contribution in [1.29, 1.82) is 0 Å². The number of rotatable bonds is 5. The normalized spacial score (nSPS) is 10.2. The second kappa shape index (κ2) is 5.99. The van der Waals surface area contributed by atoms with Gasteiger partial charge < -0.3 is 10.1 Å². The Balaban J connectivity index is 2.17. The van der Waals surface area contributed by atoms with Crippen molar-refractivity contribution < 1.29 is 9.53 Å². The van der Waals surface area contributed by atoms with Crippen molar-refractivity contribution in [3.05, 3.63) is 35.9 Å². The molecule has 0 atom stereocenters. The second-order valence-electron chi connectivity index (χ2n) is 4.14. The van der Waals surface area contributed by atoms with Gasteiger partial charge in [-0.05, 0) is 31.0 Å². The lowest BCUT2D eigenvalue weighted by molar-refractivity contribution is 0.101. The summed E-state index contributed by atoms with van der Waals surface area (Å²) in [7, 11) is 0. The van der Waals surface area contributed by atoms with E-state index in [1.54, 1.807) is 0 Å². The molecule has 0 aliphatic heterocycles. The lowest BCUT2D eigenvalue weighted by Crippen LogP contribution is -2.14. The molecule has 0 saturated carbocycles. The molecule has 19 heavy (non-hydrogen) atoms. The van der Waals surface area contributed by atoms with E-state index in [0.717, 1.165) is 12.0 Å². The smallest absolute Gasteiger partial charge is 0.293 e. The lowest BCUT2D eigenvalue weighted by Gasteiger charge is -2.12. The summed E-state index contributed by atoms with van der Waals surface area (Å²) >= 11 is 0. The maximum Gasteiger partial charge on any atom is 0.293 e. The molecule has 1 heterocycles. The minimum absolute atomic E-state index is 0.169. The molecule has 0 aliphatic carbocycles. The highest BCUT2D eigenvalue weighted by atomic mass is 16.5. The van der Waals surface area contributed by atoms with Gasteiger partial charge in [-0.15, -0.1) is 0 Å². The van der Waals surface area contributed by atoms with Gasteiger partial charge >= 0.3 is 0 Å². The summed E-state index contributed by atoms with van der Waals surface area (Å²) in [6.07, 6.45) is 2.20. The largest absolute Gasteiger partial charge is 0.491 e. The molecule has 2 N–H and O–H groups in total. The van der Waals surface area contributed by atoms with Crippen molar-refractivity contribution in [1.82, 2.24) is 15.2 Å². The average Bonchev–Trinajstić information content (AvgIpc) is 2.93. The monoisotopic (exact) mass is 260 g/mol. The summed E-state index contributed by atoms with van der Waals surface area (Å²) in [5.74, 6) is 0.486.